The van der Waals surface area contributed by atoms with Gasteiger partial charge in [-0.05, 0) is 58.3 Å². The van der Waals surface area contributed by atoms with Crippen molar-refractivity contribution in [1.29, 1.82) is 0 Å². The molecule has 3 nitrogen and oxygen atoms in total. The van der Waals surface area contributed by atoms with Crippen LogP contribution in [0.2, 0.25) is 0 Å². The van der Waals surface area contributed by atoms with Crippen LogP contribution in [0.25, 0.3) is 65.0 Å². The summed E-state index contributed by atoms with van der Waals surface area (Å²) in [5.74, 6) is 1.05. The van der Waals surface area contributed by atoms with E-state index in [-0.39, 0.29) is 0 Å². The molecule has 0 unspecified atom stereocenters. The summed E-state index contributed by atoms with van der Waals surface area (Å²) in [6.45, 7) is 0. The second-order valence-corrected chi connectivity index (χ2v) is 9.39. The van der Waals surface area contributed by atoms with Crippen molar-refractivity contribution in [2.45, 2.75) is 0 Å². The van der Waals surface area contributed by atoms with Crippen molar-refractivity contribution in [2.75, 3.05) is 0 Å². The molecule has 0 amide bonds. The van der Waals surface area contributed by atoms with Crippen LogP contribution in [0.5, 0.6) is 0 Å². The van der Waals surface area contributed by atoms with Gasteiger partial charge in [-0.25, -0.2) is 0 Å². The van der Waals surface area contributed by atoms with Gasteiger partial charge in [0, 0.05) is 31.3 Å². The van der Waals surface area contributed by atoms with E-state index in [4.69, 9.17) is 4.42 Å². The number of aromatic nitrogens is 2. The molecule has 0 saturated heterocycles. The molecule has 7 aromatic rings. The standard InChI is InChI=1S/C30H18N2OS/c1-2-7-20(8-3-1)29-31-32-30(33-29)22-16-14-19-13-15-21(17-23(19)18-22)24-10-6-11-26-25-9-4-5-12-27(25)34-28(24)26/h1-18H. The number of hydrogen-bond donors (Lipinski definition) is 0. The molecule has 0 aliphatic rings. The lowest BCUT2D eigenvalue weighted by Crippen LogP contribution is -1.82. The molecule has 0 atom stereocenters. The van der Waals surface area contributed by atoms with Crippen LogP contribution in [0, 0.1) is 0 Å². The molecule has 34 heavy (non-hydrogen) atoms. The van der Waals surface area contributed by atoms with Gasteiger partial charge >= 0.3 is 0 Å². The summed E-state index contributed by atoms with van der Waals surface area (Å²) < 4.78 is 8.63. The molecule has 0 radical (unpaired) electrons. The van der Waals surface area contributed by atoms with Gasteiger partial charge in [0.25, 0.3) is 0 Å². The minimum Gasteiger partial charge on any atom is -0.416 e. The Balaban J connectivity index is 1.34. The lowest BCUT2D eigenvalue weighted by Gasteiger charge is -2.07. The molecule has 5 aromatic carbocycles. The first-order chi connectivity index (χ1) is 16.8. The maximum atomic E-state index is 5.99. The molecular formula is C30H18N2OS. The van der Waals surface area contributed by atoms with Crippen molar-refractivity contribution in [2.24, 2.45) is 0 Å². The fraction of sp³-hybridized carbons (Fsp3) is 0. The Morgan fingerprint density at radius 1 is 0.529 bits per heavy atom. The smallest absolute Gasteiger partial charge is 0.248 e. The first kappa shape index (κ1) is 19.2. The maximum absolute atomic E-state index is 5.99. The third-order valence-corrected chi connectivity index (χ3v) is 7.47. The zero-order valence-corrected chi connectivity index (χ0v) is 18.9. The fourth-order valence-corrected chi connectivity index (χ4v) is 5.80. The van der Waals surface area contributed by atoms with Gasteiger partial charge in [-0.3, -0.25) is 0 Å². The van der Waals surface area contributed by atoms with Crippen LogP contribution in [-0.4, -0.2) is 10.2 Å². The summed E-state index contributed by atoms with van der Waals surface area (Å²) in [4.78, 5) is 0. The predicted molar refractivity (Wildman–Crippen MR) is 141 cm³/mol. The van der Waals surface area contributed by atoms with Crippen molar-refractivity contribution >= 4 is 42.3 Å². The Hall–Kier alpha value is -4.28. The van der Waals surface area contributed by atoms with Gasteiger partial charge in [-0.1, -0.05) is 72.8 Å². The van der Waals surface area contributed by atoms with E-state index in [2.05, 4.69) is 83.0 Å². The molecule has 0 N–H and O–H groups in total. The van der Waals surface area contributed by atoms with E-state index in [0.29, 0.717) is 11.8 Å². The summed E-state index contributed by atoms with van der Waals surface area (Å²) in [6, 6.07) is 38.0. The van der Waals surface area contributed by atoms with Crippen molar-refractivity contribution in [3.63, 3.8) is 0 Å². The van der Waals surface area contributed by atoms with E-state index in [1.54, 1.807) is 0 Å². The molecular weight excluding hydrogens is 436 g/mol. The number of rotatable bonds is 3. The lowest BCUT2D eigenvalue weighted by atomic mass is 9.98. The van der Waals surface area contributed by atoms with Crippen LogP contribution in [0.3, 0.4) is 0 Å². The van der Waals surface area contributed by atoms with Crippen molar-refractivity contribution in [1.82, 2.24) is 10.2 Å². The largest absolute Gasteiger partial charge is 0.416 e. The molecule has 0 aliphatic carbocycles. The van der Waals surface area contributed by atoms with Gasteiger partial charge in [0.1, 0.15) is 0 Å². The second kappa shape index (κ2) is 7.65. The molecule has 0 aliphatic heterocycles. The minimum absolute atomic E-state index is 0.526. The Bertz CT molecular complexity index is 1810. The highest BCUT2D eigenvalue weighted by atomic mass is 32.1. The van der Waals surface area contributed by atoms with E-state index in [1.165, 1.54) is 36.7 Å². The summed E-state index contributed by atoms with van der Waals surface area (Å²) >= 11 is 1.86. The maximum Gasteiger partial charge on any atom is 0.248 e. The average Bonchev–Trinajstić information content (AvgIpc) is 3.54. The molecule has 2 heterocycles. The third-order valence-electron chi connectivity index (χ3n) is 6.25. The van der Waals surface area contributed by atoms with Crippen LogP contribution in [0.4, 0.5) is 0 Å². The number of thiophene rings is 1. The quantitative estimate of drug-likeness (QED) is 0.268. The third kappa shape index (κ3) is 3.11. The van der Waals surface area contributed by atoms with Crippen molar-refractivity contribution in [3.8, 4) is 34.0 Å². The monoisotopic (exact) mass is 454 g/mol. The Morgan fingerprint density at radius 2 is 1.24 bits per heavy atom. The SMILES string of the molecule is c1ccc(-c2nnc(-c3ccc4ccc(-c5cccc6c5sc5ccccc56)cc4c3)o2)cc1. The van der Waals surface area contributed by atoms with Gasteiger partial charge in [-0.2, -0.15) is 0 Å². The fourth-order valence-electron chi connectivity index (χ4n) is 4.56. The van der Waals surface area contributed by atoms with Gasteiger partial charge < -0.3 is 4.42 Å². The zero-order valence-electron chi connectivity index (χ0n) is 18.1. The Morgan fingerprint density at radius 3 is 2.12 bits per heavy atom. The number of nitrogens with zero attached hydrogens (tertiary/aromatic N) is 2. The number of benzene rings is 5. The first-order valence-electron chi connectivity index (χ1n) is 11.2. The second-order valence-electron chi connectivity index (χ2n) is 8.34. The van der Waals surface area contributed by atoms with E-state index in [0.717, 1.165) is 16.5 Å². The van der Waals surface area contributed by atoms with Crippen molar-refractivity contribution in [3.05, 3.63) is 109 Å². The van der Waals surface area contributed by atoms with E-state index in [9.17, 15) is 0 Å². The van der Waals surface area contributed by atoms with E-state index in [1.807, 2.05) is 47.7 Å². The van der Waals surface area contributed by atoms with Gasteiger partial charge in [0.2, 0.25) is 11.8 Å². The Kier molecular flexibility index (Phi) is 4.32. The average molecular weight is 455 g/mol. The van der Waals surface area contributed by atoms with E-state index < -0.39 is 0 Å². The van der Waals surface area contributed by atoms with Gasteiger partial charge in [-0.15, -0.1) is 21.5 Å². The summed E-state index contributed by atoms with van der Waals surface area (Å²) in [7, 11) is 0. The topological polar surface area (TPSA) is 38.9 Å². The normalized spacial score (nSPS) is 11.5. The minimum atomic E-state index is 0.526. The van der Waals surface area contributed by atoms with Crippen LogP contribution in [0.15, 0.2) is 114 Å². The highest BCUT2D eigenvalue weighted by molar-refractivity contribution is 7.26. The molecule has 0 saturated carbocycles. The highest BCUT2D eigenvalue weighted by Gasteiger charge is 2.13. The number of fused-ring (bicyclic) bond motifs is 4. The van der Waals surface area contributed by atoms with Gasteiger partial charge in [0.05, 0.1) is 0 Å². The molecule has 7 rings (SSSR count). The Labute approximate surface area is 199 Å². The van der Waals surface area contributed by atoms with Crippen LogP contribution in [0.1, 0.15) is 0 Å². The first-order valence-corrected chi connectivity index (χ1v) is 12.0. The molecule has 4 heteroatoms. The van der Waals surface area contributed by atoms with Crippen LogP contribution >= 0.6 is 11.3 Å². The molecule has 0 bridgehead atoms. The lowest BCUT2D eigenvalue weighted by molar-refractivity contribution is 0.584. The highest BCUT2D eigenvalue weighted by Crippen LogP contribution is 2.40. The predicted octanol–water partition coefficient (Wildman–Crippen LogP) is 8.59. The molecule has 0 spiro atoms. The van der Waals surface area contributed by atoms with Crippen LogP contribution < -0.4 is 0 Å². The van der Waals surface area contributed by atoms with Crippen molar-refractivity contribution < 1.29 is 4.42 Å². The molecule has 0 fully saturated rings. The summed E-state index contributed by atoms with van der Waals surface area (Å²) in [5.41, 5.74) is 4.30. The van der Waals surface area contributed by atoms with Gasteiger partial charge in [0.15, 0.2) is 0 Å². The zero-order chi connectivity index (χ0) is 22.5. The number of hydrogen-bond acceptors (Lipinski definition) is 4. The molecule has 2 aromatic heterocycles. The van der Waals surface area contributed by atoms with E-state index >= 15 is 0 Å². The summed E-state index contributed by atoms with van der Waals surface area (Å²) in [6.07, 6.45) is 0. The molecule has 160 valence electrons. The van der Waals surface area contributed by atoms with Crippen LogP contribution in [-0.2, 0) is 0 Å². The summed E-state index contributed by atoms with van der Waals surface area (Å²) in [5, 5.41) is 13.5.